The first-order chi connectivity index (χ1) is 8.93. The lowest BCUT2D eigenvalue weighted by Gasteiger charge is -2.08. The third kappa shape index (κ3) is 2.71. The fraction of sp³-hybridized carbons (Fsp3) is 0.143. The highest BCUT2D eigenvalue weighted by Gasteiger charge is 2.18. The predicted molar refractivity (Wildman–Crippen MR) is 71.3 cm³/mol. The number of ether oxygens (including phenoxy) is 1. The minimum Gasteiger partial charge on any atom is -0.508 e. The molecule has 2 aromatic carbocycles. The van der Waals surface area contributed by atoms with Crippen LogP contribution in [-0.4, -0.2) is 20.6 Å². The highest BCUT2D eigenvalue weighted by Crippen LogP contribution is 2.26. The first kappa shape index (κ1) is 13.4. The maximum Gasteiger partial charge on any atom is 0.206 e. The average molecular weight is 278 g/mol. The molecule has 0 heterocycles. The molecule has 4 nitrogen and oxygen atoms in total. The van der Waals surface area contributed by atoms with E-state index in [9.17, 15) is 13.5 Å². The summed E-state index contributed by atoms with van der Waals surface area (Å²) >= 11 is 0. The maximum absolute atomic E-state index is 12.4. The van der Waals surface area contributed by atoms with Gasteiger partial charge in [-0.2, -0.15) is 0 Å². The number of methoxy groups -OCH3 is 1. The molecule has 2 aromatic rings. The predicted octanol–water partition coefficient (Wildman–Crippen LogP) is 2.54. The normalized spacial score (nSPS) is 11.3. The van der Waals surface area contributed by atoms with Crippen molar-refractivity contribution in [2.45, 2.75) is 16.7 Å². The molecule has 0 saturated heterocycles. The first-order valence-electron chi connectivity index (χ1n) is 5.63. The van der Waals surface area contributed by atoms with Gasteiger partial charge in [-0.3, -0.25) is 0 Å². The van der Waals surface area contributed by atoms with Crippen LogP contribution in [0, 0.1) is 6.92 Å². The van der Waals surface area contributed by atoms with E-state index in [-0.39, 0.29) is 15.5 Å². The van der Waals surface area contributed by atoms with Gasteiger partial charge in [0.05, 0.1) is 16.9 Å². The van der Waals surface area contributed by atoms with E-state index in [0.717, 1.165) is 5.56 Å². The highest BCUT2D eigenvalue weighted by molar-refractivity contribution is 7.91. The Morgan fingerprint density at radius 1 is 1.00 bits per heavy atom. The van der Waals surface area contributed by atoms with Crippen molar-refractivity contribution < 1.29 is 18.3 Å². The van der Waals surface area contributed by atoms with Crippen LogP contribution in [0.2, 0.25) is 0 Å². The summed E-state index contributed by atoms with van der Waals surface area (Å²) in [5.74, 6) is 0.526. The van der Waals surface area contributed by atoms with Crippen LogP contribution in [0.25, 0.3) is 0 Å². The van der Waals surface area contributed by atoms with Gasteiger partial charge < -0.3 is 9.84 Å². The van der Waals surface area contributed by atoms with Crippen molar-refractivity contribution in [3.05, 3.63) is 48.0 Å². The third-order valence-electron chi connectivity index (χ3n) is 2.72. The number of sulfone groups is 1. The molecule has 0 aliphatic heterocycles. The van der Waals surface area contributed by atoms with Gasteiger partial charge in [0.1, 0.15) is 11.5 Å². The Labute approximate surface area is 112 Å². The van der Waals surface area contributed by atoms with E-state index < -0.39 is 9.84 Å². The van der Waals surface area contributed by atoms with Gasteiger partial charge in [0.25, 0.3) is 0 Å². The summed E-state index contributed by atoms with van der Waals surface area (Å²) in [6, 6.07) is 10.3. The van der Waals surface area contributed by atoms with Gasteiger partial charge in [-0.25, -0.2) is 8.42 Å². The van der Waals surface area contributed by atoms with Crippen molar-refractivity contribution in [2.75, 3.05) is 7.11 Å². The zero-order valence-corrected chi connectivity index (χ0v) is 11.4. The van der Waals surface area contributed by atoms with Crippen LogP contribution < -0.4 is 4.74 Å². The van der Waals surface area contributed by atoms with Crippen LogP contribution in [0.15, 0.2) is 52.3 Å². The Hall–Kier alpha value is -2.01. The molecule has 0 aliphatic rings. The van der Waals surface area contributed by atoms with E-state index in [4.69, 9.17) is 4.74 Å². The highest BCUT2D eigenvalue weighted by atomic mass is 32.2. The van der Waals surface area contributed by atoms with Crippen molar-refractivity contribution in [1.29, 1.82) is 0 Å². The molecule has 0 saturated carbocycles. The van der Waals surface area contributed by atoms with Crippen LogP contribution >= 0.6 is 0 Å². The standard InChI is InChI=1S/C14H14O4S/c1-10-7-12(18-2)9-14(8-10)19(16,17)13-5-3-11(15)4-6-13/h3-9,15H,1-2H3. The quantitative estimate of drug-likeness (QED) is 0.937. The Bertz CT molecular complexity index is 688. The van der Waals surface area contributed by atoms with Crippen LogP contribution in [-0.2, 0) is 9.84 Å². The van der Waals surface area contributed by atoms with E-state index in [0.29, 0.717) is 5.75 Å². The summed E-state index contributed by atoms with van der Waals surface area (Å²) in [4.78, 5) is 0.313. The van der Waals surface area contributed by atoms with Crippen molar-refractivity contribution in [3.8, 4) is 11.5 Å². The molecule has 0 atom stereocenters. The summed E-state index contributed by atoms with van der Waals surface area (Å²) in [6.45, 7) is 1.80. The molecule has 5 heteroatoms. The van der Waals surface area contributed by atoms with Crippen LogP contribution in [0.1, 0.15) is 5.56 Å². The lowest BCUT2D eigenvalue weighted by Crippen LogP contribution is -2.02. The summed E-state index contributed by atoms with van der Waals surface area (Å²) < 4.78 is 29.9. The second-order valence-corrected chi connectivity index (χ2v) is 6.13. The molecule has 2 rings (SSSR count). The third-order valence-corrected chi connectivity index (χ3v) is 4.47. The molecule has 0 aromatic heterocycles. The molecular weight excluding hydrogens is 264 g/mol. The van der Waals surface area contributed by atoms with E-state index in [1.165, 1.54) is 37.4 Å². The molecule has 100 valence electrons. The first-order valence-corrected chi connectivity index (χ1v) is 7.11. The molecule has 0 unspecified atom stereocenters. The monoisotopic (exact) mass is 278 g/mol. The Balaban J connectivity index is 2.56. The Kier molecular flexibility index (Phi) is 3.48. The molecular formula is C14H14O4S. The molecule has 0 spiro atoms. The number of hydrogen-bond acceptors (Lipinski definition) is 4. The second kappa shape index (κ2) is 4.93. The average Bonchev–Trinajstić information content (AvgIpc) is 2.38. The smallest absolute Gasteiger partial charge is 0.206 e. The summed E-state index contributed by atoms with van der Waals surface area (Å²) in [5.41, 5.74) is 0.803. The fourth-order valence-electron chi connectivity index (χ4n) is 1.75. The van der Waals surface area contributed by atoms with Crippen LogP contribution in [0.5, 0.6) is 11.5 Å². The number of phenolic OH excluding ortho intramolecular Hbond substituents is 1. The molecule has 0 radical (unpaired) electrons. The lowest BCUT2D eigenvalue weighted by atomic mass is 10.2. The number of rotatable bonds is 3. The van der Waals surface area contributed by atoms with E-state index in [1.807, 2.05) is 0 Å². The van der Waals surface area contributed by atoms with Crippen molar-refractivity contribution in [2.24, 2.45) is 0 Å². The van der Waals surface area contributed by atoms with Gasteiger partial charge in [-0.15, -0.1) is 0 Å². The molecule has 0 amide bonds. The van der Waals surface area contributed by atoms with Gasteiger partial charge in [-0.05, 0) is 55.0 Å². The minimum atomic E-state index is -3.60. The molecule has 0 bridgehead atoms. The second-order valence-electron chi connectivity index (χ2n) is 4.18. The number of benzene rings is 2. The minimum absolute atomic E-state index is 0.0285. The maximum atomic E-state index is 12.4. The number of aromatic hydroxyl groups is 1. The van der Waals surface area contributed by atoms with E-state index >= 15 is 0 Å². The largest absolute Gasteiger partial charge is 0.508 e. The Morgan fingerprint density at radius 3 is 2.21 bits per heavy atom. The van der Waals surface area contributed by atoms with Crippen molar-refractivity contribution in [3.63, 3.8) is 0 Å². The van der Waals surface area contributed by atoms with Crippen LogP contribution in [0.4, 0.5) is 0 Å². The van der Waals surface area contributed by atoms with Crippen molar-refractivity contribution >= 4 is 9.84 Å². The number of aryl methyl sites for hydroxylation is 1. The van der Waals surface area contributed by atoms with Gasteiger partial charge in [-0.1, -0.05) is 0 Å². The van der Waals surface area contributed by atoms with E-state index in [1.54, 1.807) is 19.1 Å². The summed E-state index contributed by atoms with van der Waals surface area (Å²) in [7, 11) is -2.11. The van der Waals surface area contributed by atoms with Crippen molar-refractivity contribution in [1.82, 2.24) is 0 Å². The van der Waals surface area contributed by atoms with Gasteiger partial charge in [0, 0.05) is 0 Å². The molecule has 0 aliphatic carbocycles. The SMILES string of the molecule is COc1cc(C)cc(S(=O)(=O)c2ccc(O)cc2)c1. The number of hydrogen-bond donors (Lipinski definition) is 1. The Morgan fingerprint density at radius 2 is 1.63 bits per heavy atom. The topological polar surface area (TPSA) is 63.6 Å². The number of phenols is 1. The van der Waals surface area contributed by atoms with Crippen LogP contribution in [0.3, 0.4) is 0 Å². The molecule has 1 N–H and O–H groups in total. The van der Waals surface area contributed by atoms with E-state index in [2.05, 4.69) is 0 Å². The molecule has 19 heavy (non-hydrogen) atoms. The summed E-state index contributed by atoms with van der Waals surface area (Å²) in [6.07, 6.45) is 0. The molecule has 0 fully saturated rings. The summed E-state index contributed by atoms with van der Waals surface area (Å²) in [5, 5.41) is 9.20. The lowest BCUT2D eigenvalue weighted by molar-refractivity contribution is 0.413. The fourth-order valence-corrected chi connectivity index (χ4v) is 3.13. The van der Waals surface area contributed by atoms with Gasteiger partial charge >= 0.3 is 0 Å². The zero-order valence-electron chi connectivity index (χ0n) is 10.6. The zero-order chi connectivity index (χ0) is 14.0. The van der Waals surface area contributed by atoms with Gasteiger partial charge in [0.2, 0.25) is 9.84 Å². The van der Waals surface area contributed by atoms with Gasteiger partial charge in [0.15, 0.2) is 0 Å².